The third kappa shape index (κ3) is 4.20. The number of carbonyl (C=O) groups is 1. The van der Waals surface area contributed by atoms with Crippen LogP contribution in [0.3, 0.4) is 0 Å². The predicted octanol–water partition coefficient (Wildman–Crippen LogP) is 3.39. The van der Waals surface area contributed by atoms with Crippen LogP contribution in [-0.4, -0.2) is 23.2 Å². The first-order valence-corrected chi connectivity index (χ1v) is 8.57. The summed E-state index contributed by atoms with van der Waals surface area (Å²) in [6.07, 6.45) is 8.32. The molecule has 128 valence electrons. The molecule has 1 fully saturated rings. The summed E-state index contributed by atoms with van der Waals surface area (Å²) >= 11 is 0. The van der Waals surface area contributed by atoms with E-state index in [4.69, 9.17) is 6.42 Å². The van der Waals surface area contributed by atoms with E-state index in [0.717, 1.165) is 42.5 Å². The van der Waals surface area contributed by atoms with Gasteiger partial charge in [0.05, 0.1) is 11.7 Å². The number of hydrogen-bond acceptors (Lipinski definition) is 3. The van der Waals surface area contributed by atoms with Crippen molar-refractivity contribution in [3.63, 3.8) is 0 Å². The van der Waals surface area contributed by atoms with Crippen molar-refractivity contribution >= 4 is 11.6 Å². The number of aliphatic hydroxyl groups is 1. The van der Waals surface area contributed by atoms with Gasteiger partial charge in [0, 0.05) is 17.8 Å². The zero-order chi connectivity index (χ0) is 17.6. The molecule has 0 bridgehead atoms. The van der Waals surface area contributed by atoms with Crippen molar-refractivity contribution in [1.82, 2.24) is 5.32 Å². The molecule has 3 rings (SSSR count). The van der Waals surface area contributed by atoms with Crippen LogP contribution >= 0.6 is 0 Å². The van der Waals surface area contributed by atoms with Gasteiger partial charge in [-0.3, -0.25) is 10.1 Å². The fourth-order valence-electron chi connectivity index (χ4n) is 3.24. The molecule has 2 aromatic carbocycles. The minimum absolute atomic E-state index is 0.210. The van der Waals surface area contributed by atoms with Gasteiger partial charge in [0.1, 0.15) is 0 Å². The molecule has 4 nitrogen and oxygen atoms in total. The van der Waals surface area contributed by atoms with Crippen LogP contribution in [0.5, 0.6) is 0 Å². The van der Waals surface area contributed by atoms with Crippen molar-refractivity contribution in [2.24, 2.45) is 0 Å². The molecule has 0 heterocycles. The summed E-state index contributed by atoms with van der Waals surface area (Å²) in [6.45, 7) is 0. The van der Waals surface area contributed by atoms with Crippen LogP contribution in [0.15, 0.2) is 48.5 Å². The largest absolute Gasteiger partial charge is 0.393 e. The standard InChI is InChI=1S/C21H22N2O2/c1-2-22-21(25)19-13-8-16(15-6-4-3-5-7-15)14-20(19)23-17-9-11-18(24)12-10-17/h1,3-8,13-14,17-18,23-24H,9-12H2,(H,22,25). The van der Waals surface area contributed by atoms with E-state index in [1.807, 2.05) is 42.5 Å². The molecular formula is C21H22N2O2. The SMILES string of the molecule is C#CNC(=O)c1ccc(-c2ccccc2)cc1NC1CCC(O)CC1. The van der Waals surface area contributed by atoms with Gasteiger partial charge < -0.3 is 10.4 Å². The lowest BCUT2D eigenvalue weighted by Gasteiger charge is -2.28. The summed E-state index contributed by atoms with van der Waals surface area (Å²) in [6, 6.07) is 18.2. The van der Waals surface area contributed by atoms with Gasteiger partial charge in [0.25, 0.3) is 5.91 Å². The van der Waals surface area contributed by atoms with Gasteiger partial charge in [0.15, 0.2) is 0 Å². The van der Waals surface area contributed by atoms with E-state index in [9.17, 15) is 9.90 Å². The van der Waals surface area contributed by atoms with Crippen molar-refractivity contribution in [3.05, 3.63) is 54.1 Å². The Balaban J connectivity index is 1.90. The van der Waals surface area contributed by atoms with E-state index in [-0.39, 0.29) is 18.1 Å². The number of nitrogens with one attached hydrogen (secondary N) is 2. The lowest BCUT2D eigenvalue weighted by Crippen LogP contribution is -2.29. The summed E-state index contributed by atoms with van der Waals surface area (Å²) < 4.78 is 0. The first-order chi connectivity index (χ1) is 12.2. The topological polar surface area (TPSA) is 61.4 Å². The van der Waals surface area contributed by atoms with Crippen molar-refractivity contribution in [3.8, 4) is 23.6 Å². The summed E-state index contributed by atoms with van der Waals surface area (Å²) in [5, 5.41) is 15.6. The lowest BCUT2D eigenvalue weighted by atomic mass is 9.92. The predicted molar refractivity (Wildman–Crippen MR) is 100 cm³/mol. The van der Waals surface area contributed by atoms with E-state index in [2.05, 4.69) is 16.7 Å². The number of hydrogen-bond donors (Lipinski definition) is 3. The highest BCUT2D eigenvalue weighted by Crippen LogP contribution is 2.29. The van der Waals surface area contributed by atoms with Crippen molar-refractivity contribution in [1.29, 1.82) is 0 Å². The molecule has 0 radical (unpaired) electrons. The minimum atomic E-state index is -0.291. The zero-order valence-corrected chi connectivity index (χ0v) is 14.0. The first-order valence-electron chi connectivity index (χ1n) is 8.57. The lowest BCUT2D eigenvalue weighted by molar-refractivity contribution is 0.0974. The van der Waals surface area contributed by atoms with Crippen molar-refractivity contribution in [2.75, 3.05) is 5.32 Å². The highest BCUT2D eigenvalue weighted by atomic mass is 16.3. The van der Waals surface area contributed by atoms with Crippen LogP contribution in [0.4, 0.5) is 5.69 Å². The van der Waals surface area contributed by atoms with Gasteiger partial charge in [-0.15, -0.1) is 0 Å². The second kappa shape index (κ2) is 7.87. The third-order valence-electron chi connectivity index (χ3n) is 4.61. The van der Waals surface area contributed by atoms with E-state index in [1.165, 1.54) is 0 Å². The monoisotopic (exact) mass is 334 g/mol. The Morgan fingerprint density at radius 3 is 2.44 bits per heavy atom. The van der Waals surface area contributed by atoms with Crippen LogP contribution in [0, 0.1) is 12.5 Å². The van der Waals surface area contributed by atoms with Crippen LogP contribution in [0.1, 0.15) is 36.0 Å². The Bertz CT molecular complexity index is 772. The quantitative estimate of drug-likeness (QED) is 0.593. The van der Waals surface area contributed by atoms with Crippen molar-refractivity contribution < 1.29 is 9.90 Å². The average Bonchev–Trinajstić information content (AvgIpc) is 2.64. The number of aliphatic hydroxyl groups excluding tert-OH is 1. The van der Waals surface area contributed by atoms with Gasteiger partial charge in [-0.2, -0.15) is 0 Å². The molecule has 4 heteroatoms. The minimum Gasteiger partial charge on any atom is -0.393 e. The Labute approximate surface area is 148 Å². The number of carbonyl (C=O) groups excluding carboxylic acids is 1. The van der Waals surface area contributed by atoms with Gasteiger partial charge in [0.2, 0.25) is 0 Å². The molecule has 25 heavy (non-hydrogen) atoms. The Morgan fingerprint density at radius 2 is 1.76 bits per heavy atom. The van der Waals surface area contributed by atoms with E-state index >= 15 is 0 Å². The highest BCUT2D eigenvalue weighted by molar-refractivity contribution is 6.01. The summed E-state index contributed by atoms with van der Waals surface area (Å²) in [4.78, 5) is 12.3. The second-order valence-electron chi connectivity index (χ2n) is 6.37. The first kappa shape index (κ1) is 17.1. The Kier molecular flexibility index (Phi) is 5.37. The van der Waals surface area contributed by atoms with Gasteiger partial charge in [-0.05, 0) is 48.9 Å². The number of benzene rings is 2. The Hall–Kier alpha value is -2.77. The van der Waals surface area contributed by atoms with E-state index in [1.54, 1.807) is 6.07 Å². The van der Waals surface area contributed by atoms with Crippen LogP contribution in [0.25, 0.3) is 11.1 Å². The molecule has 1 saturated carbocycles. The normalized spacial score (nSPS) is 19.7. The van der Waals surface area contributed by atoms with Crippen LogP contribution in [0.2, 0.25) is 0 Å². The zero-order valence-electron chi connectivity index (χ0n) is 14.0. The number of anilines is 1. The average molecular weight is 334 g/mol. The molecule has 0 aromatic heterocycles. The smallest absolute Gasteiger partial charge is 0.264 e. The maximum absolute atomic E-state index is 12.3. The fourth-order valence-corrected chi connectivity index (χ4v) is 3.24. The van der Waals surface area contributed by atoms with Gasteiger partial charge in [-0.25, -0.2) is 0 Å². The van der Waals surface area contributed by atoms with Crippen LogP contribution < -0.4 is 10.6 Å². The summed E-state index contributed by atoms with van der Waals surface area (Å²) in [5.74, 6) is -0.291. The van der Waals surface area contributed by atoms with Crippen LogP contribution in [-0.2, 0) is 0 Å². The molecule has 0 unspecified atom stereocenters. The molecule has 1 amide bonds. The van der Waals surface area contributed by atoms with Gasteiger partial charge >= 0.3 is 0 Å². The third-order valence-corrected chi connectivity index (χ3v) is 4.61. The second-order valence-corrected chi connectivity index (χ2v) is 6.37. The molecule has 0 aliphatic heterocycles. The fraction of sp³-hybridized carbons (Fsp3) is 0.286. The summed E-state index contributed by atoms with van der Waals surface area (Å²) in [7, 11) is 0. The molecule has 3 N–H and O–H groups in total. The molecular weight excluding hydrogens is 312 g/mol. The van der Waals surface area contributed by atoms with Gasteiger partial charge in [-0.1, -0.05) is 42.8 Å². The number of rotatable bonds is 4. The maximum Gasteiger partial charge on any atom is 0.264 e. The number of amides is 1. The molecule has 0 saturated heterocycles. The molecule has 2 aromatic rings. The molecule has 1 aliphatic rings. The van der Waals surface area contributed by atoms with E-state index < -0.39 is 0 Å². The molecule has 1 aliphatic carbocycles. The number of terminal acetylenes is 1. The van der Waals surface area contributed by atoms with Crippen molar-refractivity contribution in [2.45, 2.75) is 37.8 Å². The molecule has 0 atom stereocenters. The Morgan fingerprint density at radius 1 is 1.04 bits per heavy atom. The maximum atomic E-state index is 12.3. The molecule has 0 spiro atoms. The summed E-state index contributed by atoms with van der Waals surface area (Å²) in [5.41, 5.74) is 3.43. The highest BCUT2D eigenvalue weighted by Gasteiger charge is 2.21. The van der Waals surface area contributed by atoms with E-state index in [0.29, 0.717) is 5.56 Å².